The SMILES string of the molecule is CCC(C)N(CC(=O)Nc1ccccc1SCC#N)Cc1nc2ccccc2c(=O)[nH]1. The summed E-state index contributed by atoms with van der Waals surface area (Å²) in [7, 11) is 0. The molecule has 1 unspecified atom stereocenters. The summed E-state index contributed by atoms with van der Waals surface area (Å²) in [6.07, 6.45) is 0.847. The number of nitrogens with one attached hydrogen (secondary N) is 2. The molecule has 1 aromatic heterocycles. The zero-order valence-electron chi connectivity index (χ0n) is 17.6. The molecular weight excluding hydrogens is 410 g/mol. The van der Waals surface area contributed by atoms with Crippen LogP contribution in [0.4, 0.5) is 5.69 Å². The van der Waals surface area contributed by atoms with E-state index < -0.39 is 0 Å². The summed E-state index contributed by atoms with van der Waals surface area (Å²) in [5.74, 6) is 0.683. The molecule has 2 aromatic carbocycles. The van der Waals surface area contributed by atoms with E-state index in [1.165, 1.54) is 11.8 Å². The van der Waals surface area contributed by atoms with Gasteiger partial charge in [0.2, 0.25) is 5.91 Å². The van der Waals surface area contributed by atoms with Crippen LogP contribution in [-0.4, -0.2) is 39.1 Å². The van der Waals surface area contributed by atoms with Crippen LogP contribution >= 0.6 is 11.8 Å². The molecule has 3 aromatic rings. The molecule has 0 saturated heterocycles. The first kappa shape index (κ1) is 22.5. The van der Waals surface area contributed by atoms with E-state index in [0.29, 0.717) is 34.7 Å². The summed E-state index contributed by atoms with van der Waals surface area (Å²) in [6.45, 7) is 4.61. The molecule has 0 spiro atoms. The van der Waals surface area contributed by atoms with Gasteiger partial charge < -0.3 is 10.3 Å². The molecule has 1 atom stereocenters. The van der Waals surface area contributed by atoms with Crippen LogP contribution in [0.15, 0.2) is 58.2 Å². The number of anilines is 1. The summed E-state index contributed by atoms with van der Waals surface area (Å²) in [5.41, 5.74) is 1.14. The quantitative estimate of drug-likeness (QED) is 0.496. The van der Waals surface area contributed by atoms with Gasteiger partial charge in [0.25, 0.3) is 5.56 Å². The van der Waals surface area contributed by atoms with Crippen LogP contribution < -0.4 is 10.9 Å². The number of benzene rings is 2. The van der Waals surface area contributed by atoms with Gasteiger partial charge >= 0.3 is 0 Å². The molecular formula is C23H25N5O2S. The van der Waals surface area contributed by atoms with Crippen molar-refractivity contribution in [1.82, 2.24) is 14.9 Å². The van der Waals surface area contributed by atoms with Crippen molar-refractivity contribution in [2.45, 2.75) is 37.8 Å². The van der Waals surface area contributed by atoms with Crippen LogP contribution in [0, 0.1) is 11.3 Å². The first-order valence-electron chi connectivity index (χ1n) is 10.1. The van der Waals surface area contributed by atoms with Crippen molar-refractivity contribution in [3.63, 3.8) is 0 Å². The van der Waals surface area contributed by atoms with E-state index in [4.69, 9.17) is 5.26 Å². The Kier molecular flexibility index (Phi) is 7.82. The maximum absolute atomic E-state index is 12.8. The van der Waals surface area contributed by atoms with E-state index in [2.05, 4.69) is 28.3 Å². The molecule has 0 radical (unpaired) electrons. The minimum absolute atomic E-state index is 0.116. The first-order chi connectivity index (χ1) is 15.0. The summed E-state index contributed by atoms with van der Waals surface area (Å²) in [6, 6.07) is 16.9. The number of nitriles is 1. The average Bonchev–Trinajstić information content (AvgIpc) is 2.77. The predicted molar refractivity (Wildman–Crippen MR) is 124 cm³/mol. The van der Waals surface area contributed by atoms with E-state index in [1.807, 2.05) is 54.3 Å². The first-order valence-corrected chi connectivity index (χ1v) is 11.1. The molecule has 31 heavy (non-hydrogen) atoms. The number of rotatable bonds is 9. The lowest BCUT2D eigenvalue weighted by atomic mass is 10.2. The molecule has 8 heteroatoms. The van der Waals surface area contributed by atoms with Gasteiger partial charge in [0.15, 0.2) is 0 Å². The average molecular weight is 436 g/mol. The lowest BCUT2D eigenvalue weighted by molar-refractivity contribution is -0.118. The second-order valence-electron chi connectivity index (χ2n) is 7.18. The molecule has 1 amide bonds. The molecule has 2 N–H and O–H groups in total. The Morgan fingerprint density at radius 2 is 2.00 bits per heavy atom. The van der Waals surface area contributed by atoms with Gasteiger partial charge in [0.1, 0.15) is 5.82 Å². The highest BCUT2D eigenvalue weighted by Crippen LogP contribution is 2.26. The van der Waals surface area contributed by atoms with Crippen molar-refractivity contribution in [3.05, 3.63) is 64.7 Å². The predicted octanol–water partition coefficient (Wildman–Crippen LogP) is 3.78. The van der Waals surface area contributed by atoms with Gasteiger partial charge in [-0.1, -0.05) is 31.2 Å². The maximum Gasteiger partial charge on any atom is 0.258 e. The van der Waals surface area contributed by atoms with Crippen LogP contribution in [0.25, 0.3) is 10.9 Å². The van der Waals surface area contributed by atoms with Crippen LogP contribution in [0.1, 0.15) is 26.1 Å². The molecule has 0 aliphatic carbocycles. The molecule has 0 saturated carbocycles. The number of aromatic amines is 1. The van der Waals surface area contributed by atoms with Crippen LogP contribution in [0.2, 0.25) is 0 Å². The molecule has 160 valence electrons. The van der Waals surface area contributed by atoms with E-state index in [0.717, 1.165) is 11.3 Å². The second-order valence-corrected chi connectivity index (χ2v) is 8.20. The molecule has 0 aliphatic heterocycles. The van der Waals surface area contributed by atoms with E-state index in [9.17, 15) is 9.59 Å². The second kappa shape index (κ2) is 10.8. The van der Waals surface area contributed by atoms with Gasteiger partial charge in [-0.3, -0.25) is 14.5 Å². The fourth-order valence-electron chi connectivity index (χ4n) is 3.21. The highest BCUT2D eigenvalue weighted by Gasteiger charge is 2.19. The van der Waals surface area contributed by atoms with Gasteiger partial charge in [0.05, 0.1) is 41.5 Å². The highest BCUT2D eigenvalue weighted by atomic mass is 32.2. The van der Waals surface area contributed by atoms with Gasteiger partial charge in [0, 0.05) is 10.9 Å². The van der Waals surface area contributed by atoms with Crippen LogP contribution in [-0.2, 0) is 11.3 Å². The molecule has 0 bridgehead atoms. The number of thioether (sulfide) groups is 1. The largest absolute Gasteiger partial charge is 0.324 e. The fourth-order valence-corrected chi connectivity index (χ4v) is 3.88. The van der Waals surface area contributed by atoms with E-state index >= 15 is 0 Å². The standard InChI is InChI=1S/C23H25N5O2S/c1-3-16(2)28(14-21-25-18-9-5-4-8-17(18)23(30)27-21)15-22(29)26-19-10-6-7-11-20(19)31-13-12-24/h4-11,16H,3,13-15H2,1-2H3,(H,26,29)(H,25,27,30). The van der Waals surface area contributed by atoms with Crippen LogP contribution in [0.3, 0.4) is 0 Å². The zero-order chi connectivity index (χ0) is 22.2. The van der Waals surface area contributed by atoms with Crippen molar-refractivity contribution in [1.29, 1.82) is 5.26 Å². The van der Waals surface area contributed by atoms with Gasteiger partial charge in [-0.05, 0) is 37.6 Å². The van der Waals surface area contributed by atoms with Gasteiger partial charge in [-0.2, -0.15) is 5.26 Å². The number of aromatic nitrogens is 2. The van der Waals surface area contributed by atoms with Crippen molar-refractivity contribution in [2.75, 3.05) is 17.6 Å². The molecule has 0 fully saturated rings. The summed E-state index contributed by atoms with van der Waals surface area (Å²) in [4.78, 5) is 35.5. The number of hydrogen-bond acceptors (Lipinski definition) is 6. The third kappa shape index (κ3) is 5.94. The Morgan fingerprint density at radius 1 is 1.26 bits per heavy atom. The fraction of sp³-hybridized carbons (Fsp3) is 0.304. The lowest BCUT2D eigenvalue weighted by Gasteiger charge is -2.27. The Labute approximate surface area is 185 Å². The molecule has 1 heterocycles. The minimum atomic E-state index is -0.183. The third-order valence-corrected chi connectivity index (χ3v) is 5.97. The van der Waals surface area contributed by atoms with Crippen molar-refractivity contribution >= 4 is 34.3 Å². The van der Waals surface area contributed by atoms with Gasteiger partial charge in [-0.15, -0.1) is 11.8 Å². The van der Waals surface area contributed by atoms with Crippen molar-refractivity contribution in [3.8, 4) is 6.07 Å². The van der Waals surface area contributed by atoms with Crippen molar-refractivity contribution < 1.29 is 4.79 Å². The number of hydrogen-bond donors (Lipinski definition) is 2. The summed E-state index contributed by atoms with van der Waals surface area (Å²) in [5, 5.41) is 12.3. The monoisotopic (exact) mass is 435 g/mol. The molecule has 7 nitrogen and oxygen atoms in total. The van der Waals surface area contributed by atoms with Crippen LogP contribution in [0.5, 0.6) is 0 Å². The normalized spacial score (nSPS) is 11.9. The minimum Gasteiger partial charge on any atom is -0.324 e. The van der Waals surface area contributed by atoms with Crippen molar-refractivity contribution in [2.24, 2.45) is 0 Å². The number of carbonyl (C=O) groups is 1. The maximum atomic E-state index is 12.8. The van der Waals surface area contributed by atoms with E-state index in [1.54, 1.807) is 6.07 Å². The molecule has 3 rings (SSSR count). The van der Waals surface area contributed by atoms with E-state index in [-0.39, 0.29) is 24.1 Å². The number of nitrogens with zero attached hydrogens (tertiary/aromatic N) is 3. The third-order valence-electron chi connectivity index (χ3n) is 5.03. The Hall–Kier alpha value is -3.15. The number of amides is 1. The summed E-state index contributed by atoms with van der Waals surface area (Å²) < 4.78 is 0. The lowest BCUT2D eigenvalue weighted by Crippen LogP contribution is -2.39. The number of fused-ring (bicyclic) bond motifs is 1. The molecule has 0 aliphatic rings. The Morgan fingerprint density at radius 3 is 2.77 bits per heavy atom. The number of para-hydroxylation sites is 2. The smallest absolute Gasteiger partial charge is 0.258 e. The Bertz CT molecular complexity index is 1150. The topological polar surface area (TPSA) is 102 Å². The van der Waals surface area contributed by atoms with Gasteiger partial charge in [-0.25, -0.2) is 4.98 Å². The highest BCUT2D eigenvalue weighted by molar-refractivity contribution is 7.99. The summed E-state index contributed by atoms with van der Waals surface area (Å²) >= 11 is 1.38. The number of H-pyrrole nitrogens is 1. The Balaban J connectivity index is 1.76. The zero-order valence-corrected chi connectivity index (χ0v) is 18.4. The number of carbonyl (C=O) groups excluding carboxylic acids is 1.